The third kappa shape index (κ3) is 9.60. The van der Waals surface area contributed by atoms with Gasteiger partial charge in [0, 0.05) is 29.6 Å². The zero-order chi connectivity index (χ0) is 13.8. The molecule has 0 saturated carbocycles. The molecule has 4 heteroatoms. The van der Waals surface area contributed by atoms with Gasteiger partial charge in [-0.2, -0.15) is 0 Å². The van der Waals surface area contributed by atoms with E-state index in [0.29, 0.717) is 0 Å². The highest BCUT2D eigenvalue weighted by Crippen LogP contribution is 2.02. The maximum atomic E-state index is 11.5. The molecule has 0 spiro atoms. The van der Waals surface area contributed by atoms with Crippen molar-refractivity contribution in [3.8, 4) is 0 Å². The second-order valence-corrected chi connectivity index (χ2v) is 4.25. The van der Waals surface area contributed by atoms with Crippen molar-refractivity contribution >= 4 is 23.7 Å². The van der Waals surface area contributed by atoms with Gasteiger partial charge in [0.05, 0.1) is 0 Å². The van der Waals surface area contributed by atoms with E-state index >= 15 is 0 Å². The van der Waals surface area contributed by atoms with Crippen molar-refractivity contribution in [2.24, 2.45) is 4.99 Å². The van der Waals surface area contributed by atoms with Crippen molar-refractivity contribution in [1.29, 1.82) is 0 Å². The van der Waals surface area contributed by atoms with Crippen LogP contribution in [-0.2, 0) is 4.79 Å². The van der Waals surface area contributed by atoms with Crippen LogP contribution in [0, 0.1) is 0 Å². The molecule has 0 aromatic carbocycles. The lowest BCUT2D eigenvalue weighted by atomic mass is 10.2. The number of rotatable bonds is 7. The molecule has 0 aliphatic rings. The quantitative estimate of drug-likeness (QED) is 0.326. The molecule has 0 fully saturated rings. The number of alkyl halides is 1. The number of nitrogens with one attached hydrogen (secondary N) is 1. The Labute approximate surface area is 114 Å². The van der Waals surface area contributed by atoms with Gasteiger partial charge in [-0.15, -0.1) is 11.6 Å². The highest BCUT2D eigenvalue weighted by Gasteiger charge is 1.97. The standard InChI is InChI=1S/C14H19ClN2O/c1-4-10-16-11-9-14(18)17-13(5-2)8-6-7-12(3)15/h4-6,8-12H,1,7H2,2-3H3,(H,17,18)/b8-6-,11-9+,13-5+,16-10?. The van der Waals surface area contributed by atoms with Crippen LogP contribution in [0.25, 0.3) is 0 Å². The number of hydrogen-bond donors (Lipinski definition) is 1. The Morgan fingerprint density at radius 2 is 2.22 bits per heavy atom. The highest BCUT2D eigenvalue weighted by molar-refractivity contribution is 6.20. The first kappa shape index (κ1) is 16.4. The van der Waals surface area contributed by atoms with Crippen molar-refractivity contribution in [2.75, 3.05) is 0 Å². The highest BCUT2D eigenvalue weighted by atomic mass is 35.5. The van der Waals surface area contributed by atoms with Crippen LogP contribution >= 0.6 is 11.6 Å². The Morgan fingerprint density at radius 1 is 1.50 bits per heavy atom. The molecule has 1 N–H and O–H groups in total. The van der Waals surface area contributed by atoms with E-state index in [0.717, 1.165) is 12.1 Å². The topological polar surface area (TPSA) is 41.5 Å². The maximum absolute atomic E-state index is 11.5. The van der Waals surface area contributed by atoms with E-state index < -0.39 is 0 Å². The minimum Gasteiger partial charge on any atom is -0.323 e. The van der Waals surface area contributed by atoms with E-state index in [1.54, 1.807) is 0 Å². The molecule has 0 heterocycles. The van der Waals surface area contributed by atoms with Gasteiger partial charge >= 0.3 is 0 Å². The first-order chi connectivity index (χ1) is 8.60. The number of aliphatic imine (C=N–C) groups is 1. The largest absolute Gasteiger partial charge is 0.323 e. The molecule has 0 aromatic heterocycles. The van der Waals surface area contributed by atoms with E-state index in [1.807, 2.05) is 32.1 Å². The van der Waals surface area contributed by atoms with E-state index in [2.05, 4.69) is 16.9 Å². The van der Waals surface area contributed by atoms with Crippen LogP contribution in [0.4, 0.5) is 0 Å². The monoisotopic (exact) mass is 266 g/mol. The van der Waals surface area contributed by atoms with Crippen molar-refractivity contribution in [1.82, 2.24) is 5.32 Å². The predicted molar refractivity (Wildman–Crippen MR) is 78.8 cm³/mol. The molecule has 0 rings (SSSR count). The summed E-state index contributed by atoms with van der Waals surface area (Å²) >= 11 is 5.82. The summed E-state index contributed by atoms with van der Waals surface area (Å²) in [6.45, 7) is 7.24. The minimum atomic E-state index is -0.229. The number of halogens is 1. The fourth-order valence-electron chi connectivity index (χ4n) is 0.998. The molecule has 0 saturated heterocycles. The van der Waals surface area contributed by atoms with Crippen molar-refractivity contribution in [3.63, 3.8) is 0 Å². The smallest absolute Gasteiger partial charge is 0.249 e. The van der Waals surface area contributed by atoms with E-state index in [9.17, 15) is 4.79 Å². The summed E-state index contributed by atoms with van der Waals surface area (Å²) in [7, 11) is 0. The normalized spacial score (nSPS) is 14.5. The van der Waals surface area contributed by atoms with Crippen LogP contribution in [0.2, 0.25) is 0 Å². The zero-order valence-electron chi connectivity index (χ0n) is 10.8. The van der Waals surface area contributed by atoms with Crippen LogP contribution in [0.15, 0.2) is 53.8 Å². The summed E-state index contributed by atoms with van der Waals surface area (Å²) in [5.41, 5.74) is 0.731. The third-order valence-corrected chi connectivity index (χ3v) is 2.02. The molecule has 1 amide bonds. The van der Waals surface area contributed by atoms with Crippen molar-refractivity contribution in [3.05, 3.63) is 48.9 Å². The van der Waals surface area contributed by atoms with Gasteiger partial charge < -0.3 is 5.32 Å². The van der Waals surface area contributed by atoms with Crippen LogP contribution in [0.5, 0.6) is 0 Å². The molecular weight excluding hydrogens is 248 g/mol. The average molecular weight is 267 g/mol. The molecule has 98 valence electrons. The average Bonchev–Trinajstić information content (AvgIpc) is 2.33. The van der Waals surface area contributed by atoms with Gasteiger partial charge in [-0.05, 0) is 26.3 Å². The summed E-state index contributed by atoms with van der Waals surface area (Å²) in [5, 5.41) is 2.81. The summed E-state index contributed by atoms with van der Waals surface area (Å²) in [6, 6.07) is 0. The Morgan fingerprint density at radius 3 is 2.78 bits per heavy atom. The molecular formula is C14H19ClN2O. The molecule has 0 aromatic rings. The van der Waals surface area contributed by atoms with Gasteiger partial charge in [-0.1, -0.05) is 24.8 Å². The lowest BCUT2D eigenvalue weighted by Gasteiger charge is -2.02. The molecule has 0 bridgehead atoms. The van der Waals surface area contributed by atoms with E-state index in [1.165, 1.54) is 24.6 Å². The predicted octanol–water partition coefficient (Wildman–Crippen LogP) is 3.35. The maximum Gasteiger partial charge on any atom is 0.249 e. The number of allylic oxidation sites excluding steroid dienone is 4. The van der Waals surface area contributed by atoms with Gasteiger partial charge in [0.15, 0.2) is 0 Å². The Bertz CT molecular complexity index is 379. The SMILES string of the molecule is C=CC=N/C=C/C(=O)NC(/C=C\CC(C)Cl)=C/C. The van der Waals surface area contributed by atoms with Gasteiger partial charge in [-0.25, -0.2) is 0 Å². The summed E-state index contributed by atoms with van der Waals surface area (Å²) < 4.78 is 0. The molecule has 0 aliphatic carbocycles. The van der Waals surface area contributed by atoms with Gasteiger partial charge in [0.25, 0.3) is 0 Å². The first-order valence-corrected chi connectivity index (χ1v) is 6.12. The van der Waals surface area contributed by atoms with Crippen molar-refractivity contribution < 1.29 is 4.79 Å². The lowest BCUT2D eigenvalue weighted by Crippen LogP contribution is -2.19. The number of hydrogen-bond acceptors (Lipinski definition) is 2. The molecule has 3 nitrogen and oxygen atoms in total. The Balaban J connectivity index is 4.25. The molecule has 1 unspecified atom stereocenters. The van der Waals surface area contributed by atoms with Crippen molar-refractivity contribution in [2.45, 2.75) is 25.6 Å². The van der Waals surface area contributed by atoms with Crippen LogP contribution in [0.1, 0.15) is 20.3 Å². The third-order valence-electron chi connectivity index (χ3n) is 1.84. The fraction of sp³-hybridized carbons (Fsp3) is 0.286. The van der Waals surface area contributed by atoms with Gasteiger partial charge in [-0.3, -0.25) is 9.79 Å². The Hall–Kier alpha value is -1.61. The summed E-state index contributed by atoms with van der Waals surface area (Å²) in [5.74, 6) is -0.229. The number of carbonyl (C=O) groups is 1. The Kier molecular flexibility index (Phi) is 9.60. The first-order valence-electron chi connectivity index (χ1n) is 5.68. The van der Waals surface area contributed by atoms with Gasteiger partial charge in [0.2, 0.25) is 5.91 Å². The second-order valence-electron chi connectivity index (χ2n) is 3.50. The van der Waals surface area contributed by atoms with Crippen LogP contribution < -0.4 is 5.32 Å². The summed E-state index contributed by atoms with van der Waals surface area (Å²) in [4.78, 5) is 15.3. The lowest BCUT2D eigenvalue weighted by molar-refractivity contribution is -0.115. The minimum absolute atomic E-state index is 0.0863. The molecule has 18 heavy (non-hydrogen) atoms. The van der Waals surface area contributed by atoms with E-state index in [4.69, 9.17) is 11.6 Å². The number of nitrogens with zero attached hydrogens (tertiary/aromatic N) is 1. The zero-order valence-corrected chi connectivity index (χ0v) is 11.5. The number of amides is 1. The summed E-state index contributed by atoms with van der Waals surface area (Å²) in [6.07, 6.45) is 12.1. The van der Waals surface area contributed by atoms with Crippen LogP contribution in [-0.4, -0.2) is 17.5 Å². The molecule has 1 atom stereocenters. The van der Waals surface area contributed by atoms with E-state index in [-0.39, 0.29) is 11.3 Å². The fourth-order valence-corrected chi connectivity index (χ4v) is 1.10. The second kappa shape index (κ2) is 10.5. The molecule has 0 aliphatic heterocycles. The van der Waals surface area contributed by atoms with Crippen LogP contribution in [0.3, 0.4) is 0 Å². The number of carbonyl (C=O) groups excluding carboxylic acids is 1. The van der Waals surface area contributed by atoms with Gasteiger partial charge in [0.1, 0.15) is 0 Å². The molecule has 0 radical (unpaired) electrons.